The van der Waals surface area contributed by atoms with Crippen LogP contribution in [0.3, 0.4) is 0 Å². The van der Waals surface area contributed by atoms with Crippen molar-refractivity contribution >= 4 is 35.0 Å². The fraction of sp³-hybridized carbons (Fsp3) is 0.286. The number of hydrogen-bond acceptors (Lipinski definition) is 3. The monoisotopic (exact) mass is 309 g/mol. The van der Waals surface area contributed by atoms with E-state index in [2.05, 4.69) is 10.3 Å². The van der Waals surface area contributed by atoms with Crippen LogP contribution in [0, 0.1) is 0 Å². The second-order valence-corrected chi connectivity index (χ2v) is 6.00. The number of thioether (sulfide) groups is 1. The molecule has 0 aliphatic carbocycles. The predicted molar refractivity (Wildman–Crippen MR) is 83.3 cm³/mol. The van der Waals surface area contributed by atoms with Crippen LogP contribution in [0.4, 0.5) is 5.69 Å². The van der Waals surface area contributed by atoms with Crippen LogP contribution in [0.5, 0.6) is 0 Å². The molecule has 1 N–H and O–H groups in total. The Morgan fingerprint density at radius 2 is 2.35 bits per heavy atom. The molecule has 106 valence electrons. The van der Waals surface area contributed by atoms with Gasteiger partial charge in [0.25, 0.3) is 0 Å². The summed E-state index contributed by atoms with van der Waals surface area (Å²) in [6.45, 7) is 4.74. The van der Waals surface area contributed by atoms with Crippen molar-refractivity contribution in [3.05, 3.63) is 41.7 Å². The minimum absolute atomic E-state index is 0.0667. The first-order valence-electron chi connectivity index (χ1n) is 6.34. The number of imidazole rings is 1. The van der Waals surface area contributed by atoms with E-state index in [0.29, 0.717) is 10.7 Å². The number of halogens is 1. The molecule has 0 aliphatic heterocycles. The lowest BCUT2D eigenvalue weighted by Gasteiger charge is -2.12. The zero-order valence-electron chi connectivity index (χ0n) is 11.3. The van der Waals surface area contributed by atoms with Crippen molar-refractivity contribution in [3.8, 4) is 0 Å². The molecule has 1 atom stereocenters. The summed E-state index contributed by atoms with van der Waals surface area (Å²) in [4.78, 5) is 16.4. The van der Waals surface area contributed by atoms with E-state index in [1.54, 1.807) is 24.4 Å². The first-order valence-corrected chi connectivity index (χ1v) is 7.60. The van der Waals surface area contributed by atoms with Gasteiger partial charge in [0.05, 0.1) is 5.25 Å². The molecule has 0 aliphatic rings. The third-order valence-electron chi connectivity index (χ3n) is 2.76. The molecule has 1 unspecified atom stereocenters. The van der Waals surface area contributed by atoms with Crippen LogP contribution in [0.25, 0.3) is 0 Å². The minimum atomic E-state index is -0.235. The number of hydrogen-bond donors (Lipinski definition) is 1. The van der Waals surface area contributed by atoms with Gasteiger partial charge in [-0.2, -0.15) is 0 Å². The number of aryl methyl sites for hydroxylation is 1. The first kappa shape index (κ1) is 14.9. The van der Waals surface area contributed by atoms with E-state index in [0.717, 1.165) is 11.7 Å². The Balaban J connectivity index is 1.99. The zero-order chi connectivity index (χ0) is 14.5. The second kappa shape index (κ2) is 6.81. The third kappa shape index (κ3) is 3.77. The number of rotatable bonds is 5. The summed E-state index contributed by atoms with van der Waals surface area (Å²) in [6.07, 6.45) is 3.65. The predicted octanol–water partition coefficient (Wildman–Crippen LogP) is 3.68. The van der Waals surface area contributed by atoms with Gasteiger partial charge in [0.15, 0.2) is 5.16 Å². The Morgan fingerprint density at radius 3 is 3.05 bits per heavy atom. The van der Waals surface area contributed by atoms with E-state index in [1.807, 2.05) is 30.7 Å². The highest BCUT2D eigenvalue weighted by Gasteiger charge is 2.17. The second-order valence-electron chi connectivity index (χ2n) is 4.26. The molecule has 0 radical (unpaired) electrons. The van der Waals surface area contributed by atoms with Crippen LogP contribution in [0.1, 0.15) is 13.8 Å². The Morgan fingerprint density at radius 1 is 1.55 bits per heavy atom. The average Bonchev–Trinajstić information content (AvgIpc) is 2.85. The maximum Gasteiger partial charge on any atom is 0.237 e. The normalized spacial score (nSPS) is 12.2. The molecule has 1 heterocycles. The molecular formula is C14H16ClN3OS. The van der Waals surface area contributed by atoms with Gasteiger partial charge in [-0.1, -0.05) is 29.4 Å². The van der Waals surface area contributed by atoms with E-state index in [1.165, 1.54) is 11.8 Å². The van der Waals surface area contributed by atoms with Crippen molar-refractivity contribution in [2.75, 3.05) is 5.32 Å². The molecule has 6 heteroatoms. The smallest absolute Gasteiger partial charge is 0.237 e. The van der Waals surface area contributed by atoms with E-state index >= 15 is 0 Å². The van der Waals surface area contributed by atoms with Crippen LogP contribution in [-0.4, -0.2) is 20.7 Å². The minimum Gasteiger partial charge on any atom is -0.326 e. The molecule has 20 heavy (non-hydrogen) atoms. The van der Waals surface area contributed by atoms with Crippen LogP contribution in [0.15, 0.2) is 41.8 Å². The summed E-state index contributed by atoms with van der Waals surface area (Å²) < 4.78 is 2.01. The van der Waals surface area contributed by atoms with Crippen molar-refractivity contribution in [2.45, 2.75) is 30.8 Å². The molecule has 0 bridgehead atoms. The molecule has 2 aromatic rings. The lowest BCUT2D eigenvalue weighted by atomic mass is 10.3. The number of carbonyl (C=O) groups is 1. The van der Waals surface area contributed by atoms with E-state index < -0.39 is 0 Å². The van der Waals surface area contributed by atoms with Gasteiger partial charge < -0.3 is 9.88 Å². The van der Waals surface area contributed by atoms with E-state index in [-0.39, 0.29) is 11.2 Å². The Hall–Kier alpha value is -1.46. The van der Waals surface area contributed by atoms with Gasteiger partial charge in [0, 0.05) is 29.6 Å². The highest BCUT2D eigenvalue weighted by molar-refractivity contribution is 8.00. The van der Waals surface area contributed by atoms with Crippen LogP contribution < -0.4 is 5.32 Å². The van der Waals surface area contributed by atoms with Gasteiger partial charge in [-0.05, 0) is 32.0 Å². The zero-order valence-corrected chi connectivity index (χ0v) is 12.9. The van der Waals surface area contributed by atoms with Crippen LogP contribution >= 0.6 is 23.4 Å². The number of benzene rings is 1. The van der Waals surface area contributed by atoms with Crippen molar-refractivity contribution in [3.63, 3.8) is 0 Å². The molecule has 4 nitrogen and oxygen atoms in total. The largest absolute Gasteiger partial charge is 0.326 e. The molecular weight excluding hydrogens is 294 g/mol. The topological polar surface area (TPSA) is 46.9 Å². The van der Waals surface area contributed by atoms with Gasteiger partial charge in [-0.25, -0.2) is 4.98 Å². The number of carbonyl (C=O) groups excluding carboxylic acids is 1. The van der Waals surface area contributed by atoms with Crippen molar-refractivity contribution < 1.29 is 4.79 Å². The number of amides is 1. The summed E-state index contributed by atoms with van der Waals surface area (Å²) in [5, 5.41) is 4.07. The van der Waals surface area contributed by atoms with Gasteiger partial charge in [-0.15, -0.1) is 0 Å². The molecule has 2 rings (SSSR count). The van der Waals surface area contributed by atoms with Crippen molar-refractivity contribution in [1.29, 1.82) is 0 Å². The quantitative estimate of drug-likeness (QED) is 0.857. The highest BCUT2D eigenvalue weighted by Crippen LogP contribution is 2.23. The van der Waals surface area contributed by atoms with Gasteiger partial charge in [0.1, 0.15) is 0 Å². The van der Waals surface area contributed by atoms with Crippen LogP contribution in [-0.2, 0) is 11.3 Å². The van der Waals surface area contributed by atoms with Gasteiger partial charge >= 0.3 is 0 Å². The Kier molecular flexibility index (Phi) is 5.09. The fourth-order valence-electron chi connectivity index (χ4n) is 1.68. The molecule has 0 fully saturated rings. The number of aromatic nitrogens is 2. The standard InChI is InChI=1S/C14H16ClN3OS/c1-3-18-8-7-16-14(18)20-10(2)13(19)17-12-6-4-5-11(15)9-12/h4-10H,3H2,1-2H3,(H,17,19). The summed E-state index contributed by atoms with van der Waals surface area (Å²) in [5.41, 5.74) is 0.703. The lowest BCUT2D eigenvalue weighted by molar-refractivity contribution is -0.115. The first-order chi connectivity index (χ1) is 9.60. The number of anilines is 1. The summed E-state index contributed by atoms with van der Waals surface area (Å²) in [7, 11) is 0. The SMILES string of the molecule is CCn1ccnc1SC(C)C(=O)Nc1cccc(Cl)c1. The highest BCUT2D eigenvalue weighted by atomic mass is 35.5. The third-order valence-corrected chi connectivity index (χ3v) is 4.12. The molecule has 1 amide bonds. The molecule has 0 spiro atoms. The fourth-order valence-corrected chi connectivity index (χ4v) is 2.80. The van der Waals surface area contributed by atoms with Gasteiger partial charge in [0.2, 0.25) is 5.91 Å². The Bertz CT molecular complexity index is 600. The lowest BCUT2D eigenvalue weighted by Crippen LogP contribution is -2.22. The number of nitrogens with one attached hydrogen (secondary N) is 1. The van der Waals surface area contributed by atoms with E-state index in [9.17, 15) is 4.79 Å². The summed E-state index contributed by atoms with van der Waals surface area (Å²) in [5.74, 6) is -0.0667. The number of nitrogens with zero attached hydrogens (tertiary/aromatic N) is 2. The summed E-state index contributed by atoms with van der Waals surface area (Å²) in [6, 6.07) is 7.12. The van der Waals surface area contributed by atoms with Crippen LogP contribution in [0.2, 0.25) is 5.02 Å². The maximum absolute atomic E-state index is 12.1. The average molecular weight is 310 g/mol. The van der Waals surface area contributed by atoms with E-state index in [4.69, 9.17) is 11.6 Å². The van der Waals surface area contributed by atoms with Gasteiger partial charge in [-0.3, -0.25) is 4.79 Å². The van der Waals surface area contributed by atoms with Crippen molar-refractivity contribution in [2.24, 2.45) is 0 Å². The summed E-state index contributed by atoms with van der Waals surface area (Å²) >= 11 is 7.33. The Labute approximate surface area is 127 Å². The molecule has 1 aromatic carbocycles. The molecule has 0 saturated carbocycles. The molecule has 0 saturated heterocycles. The maximum atomic E-state index is 12.1. The molecule has 1 aromatic heterocycles. The van der Waals surface area contributed by atoms with Crippen molar-refractivity contribution in [1.82, 2.24) is 9.55 Å².